The molecular formula is C20H21N3O3S2. The van der Waals surface area contributed by atoms with Crippen LogP contribution in [0, 0.1) is 0 Å². The molecule has 0 fully saturated rings. The second-order valence-electron chi connectivity index (χ2n) is 5.79. The molecule has 3 rings (SSSR count). The van der Waals surface area contributed by atoms with E-state index in [2.05, 4.69) is 15.5 Å². The van der Waals surface area contributed by atoms with Gasteiger partial charge in [0.05, 0.1) is 19.3 Å². The fraction of sp³-hybridized carbons (Fsp3) is 0.250. The number of aryl methyl sites for hydroxylation is 1. The number of carbonyl (C=O) groups is 1. The third kappa shape index (κ3) is 5.46. The molecule has 2 aromatic carbocycles. The molecule has 1 amide bonds. The molecule has 0 saturated heterocycles. The largest absolute Gasteiger partial charge is 0.496 e. The highest BCUT2D eigenvalue weighted by Crippen LogP contribution is 2.26. The van der Waals surface area contributed by atoms with Gasteiger partial charge in [0, 0.05) is 11.3 Å². The average Bonchev–Trinajstić information content (AvgIpc) is 3.18. The van der Waals surface area contributed by atoms with Crippen LogP contribution in [0.25, 0.3) is 0 Å². The molecular weight excluding hydrogens is 394 g/mol. The zero-order chi connectivity index (χ0) is 19.8. The topological polar surface area (TPSA) is 73.3 Å². The van der Waals surface area contributed by atoms with Crippen LogP contribution in [0.2, 0.25) is 0 Å². The van der Waals surface area contributed by atoms with Crippen molar-refractivity contribution in [2.45, 2.75) is 17.7 Å². The Kier molecular flexibility index (Phi) is 7.27. The summed E-state index contributed by atoms with van der Waals surface area (Å²) >= 11 is 2.96. The van der Waals surface area contributed by atoms with E-state index in [1.807, 2.05) is 48.7 Å². The summed E-state index contributed by atoms with van der Waals surface area (Å²) in [6, 6.07) is 15.2. The molecule has 0 saturated carbocycles. The number of para-hydroxylation sites is 1. The number of benzene rings is 2. The first-order valence-electron chi connectivity index (χ1n) is 8.73. The summed E-state index contributed by atoms with van der Waals surface area (Å²) in [5.74, 6) is 1.13. The maximum atomic E-state index is 12.5. The first-order chi connectivity index (χ1) is 13.7. The lowest BCUT2D eigenvalue weighted by Crippen LogP contribution is -2.13. The molecule has 0 aliphatic carbocycles. The highest BCUT2D eigenvalue weighted by molar-refractivity contribution is 7.98. The molecule has 0 aliphatic rings. The first kappa shape index (κ1) is 20.2. The van der Waals surface area contributed by atoms with Crippen molar-refractivity contribution < 1.29 is 14.3 Å². The smallest absolute Gasteiger partial charge is 0.261 e. The van der Waals surface area contributed by atoms with Crippen LogP contribution in [0.1, 0.15) is 21.8 Å². The molecule has 0 spiro atoms. The Bertz CT molecular complexity index is 916. The Balaban J connectivity index is 1.52. The molecule has 1 heterocycles. The molecule has 0 radical (unpaired) electrons. The minimum atomic E-state index is -0.264. The molecule has 8 heteroatoms. The van der Waals surface area contributed by atoms with E-state index in [0.717, 1.165) is 28.5 Å². The number of amides is 1. The quantitative estimate of drug-likeness (QED) is 0.409. The van der Waals surface area contributed by atoms with Gasteiger partial charge in [-0.15, -0.1) is 22.0 Å². The van der Waals surface area contributed by atoms with Gasteiger partial charge < -0.3 is 9.47 Å². The van der Waals surface area contributed by atoms with Crippen LogP contribution >= 0.6 is 23.1 Å². The summed E-state index contributed by atoms with van der Waals surface area (Å²) in [6.07, 6.45) is 3.54. The predicted molar refractivity (Wildman–Crippen MR) is 113 cm³/mol. The van der Waals surface area contributed by atoms with Gasteiger partial charge in [0.1, 0.15) is 16.5 Å². The van der Waals surface area contributed by atoms with Gasteiger partial charge >= 0.3 is 0 Å². The molecule has 0 atom stereocenters. The molecule has 0 bridgehead atoms. The molecule has 6 nitrogen and oxygen atoms in total. The van der Waals surface area contributed by atoms with Crippen LogP contribution in [-0.4, -0.2) is 36.1 Å². The molecule has 3 aromatic rings. The van der Waals surface area contributed by atoms with Gasteiger partial charge in [-0.1, -0.05) is 29.5 Å². The van der Waals surface area contributed by atoms with E-state index in [4.69, 9.17) is 9.47 Å². The van der Waals surface area contributed by atoms with Crippen molar-refractivity contribution in [3.05, 3.63) is 59.1 Å². The van der Waals surface area contributed by atoms with Crippen molar-refractivity contribution in [2.75, 3.05) is 25.3 Å². The van der Waals surface area contributed by atoms with Crippen molar-refractivity contribution in [1.29, 1.82) is 0 Å². The molecule has 1 N–H and O–H groups in total. The van der Waals surface area contributed by atoms with Crippen LogP contribution in [0.15, 0.2) is 53.4 Å². The van der Waals surface area contributed by atoms with Crippen LogP contribution in [0.3, 0.4) is 0 Å². The van der Waals surface area contributed by atoms with Gasteiger partial charge in [-0.25, -0.2) is 0 Å². The van der Waals surface area contributed by atoms with E-state index >= 15 is 0 Å². The zero-order valence-electron chi connectivity index (χ0n) is 15.7. The maximum absolute atomic E-state index is 12.5. The highest BCUT2D eigenvalue weighted by Gasteiger charge is 2.15. The lowest BCUT2D eigenvalue weighted by Gasteiger charge is -2.09. The van der Waals surface area contributed by atoms with Crippen molar-refractivity contribution in [2.24, 2.45) is 0 Å². The van der Waals surface area contributed by atoms with Gasteiger partial charge in [-0.2, -0.15) is 0 Å². The predicted octanol–water partition coefficient (Wildman–Crippen LogP) is 4.53. The van der Waals surface area contributed by atoms with Crippen LogP contribution in [-0.2, 0) is 6.42 Å². The Morgan fingerprint density at radius 2 is 2.00 bits per heavy atom. The Morgan fingerprint density at radius 3 is 2.75 bits per heavy atom. The highest BCUT2D eigenvalue weighted by atomic mass is 32.2. The number of nitrogens with one attached hydrogen (secondary N) is 1. The standard InChI is InChI=1S/C20H21N3O3S2/c1-25-17-13-15(27-2)10-11-16(17)19(24)21-20-23-22-18(28-20)9-6-12-26-14-7-4-3-5-8-14/h3-5,7-8,10-11,13H,6,9,12H2,1-2H3,(H,21,23,24). The van der Waals surface area contributed by atoms with Crippen LogP contribution in [0.5, 0.6) is 11.5 Å². The normalized spacial score (nSPS) is 10.5. The van der Waals surface area contributed by atoms with Crippen molar-refractivity contribution in [3.8, 4) is 11.5 Å². The molecule has 28 heavy (non-hydrogen) atoms. The van der Waals surface area contributed by atoms with E-state index in [1.165, 1.54) is 11.3 Å². The number of methoxy groups -OCH3 is 1. The zero-order valence-corrected chi connectivity index (χ0v) is 17.3. The molecule has 146 valence electrons. The van der Waals surface area contributed by atoms with E-state index in [0.29, 0.717) is 23.1 Å². The Hall–Kier alpha value is -2.58. The Morgan fingerprint density at radius 1 is 1.18 bits per heavy atom. The second-order valence-corrected chi connectivity index (χ2v) is 7.73. The summed E-state index contributed by atoms with van der Waals surface area (Å²) < 4.78 is 11.0. The fourth-order valence-electron chi connectivity index (χ4n) is 2.49. The number of rotatable bonds is 9. The van der Waals surface area contributed by atoms with E-state index in [1.54, 1.807) is 24.9 Å². The van der Waals surface area contributed by atoms with Crippen molar-refractivity contribution in [1.82, 2.24) is 10.2 Å². The van der Waals surface area contributed by atoms with Gasteiger partial charge in [0.15, 0.2) is 0 Å². The third-order valence-electron chi connectivity index (χ3n) is 3.89. The minimum Gasteiger partial charge on any atom is -0.496 e. The van der Waals surface area contributed by atoms with Gasteiger partial charge in [0.2, 0.25) is 5.13 Å². The summed E-state index contributed by atoms with van der Waals surface area (Å²) in [7, 11) is 1.55. The molecule has 0 aliphatic heterocycles. The second kappa shape index (κ2) is 10.1. The number of thioether (sulfide) groups is 1. The summed E-state index contributed by atoms with van der Waals surface area (Å²) in [5, 5.41) is 12.3. The lowest BCUT2D eigenvalue weighted by atomic mass is 10.2. The maximum Gasteiger partial charge on any atom is 0.261 e. The molecule has 1 aromatic heterocycles. The monoisotopic (exact) mass is 415 g/mol. The molecule has 0 unspecified atom stereocenters. The number of aromatic nitrogens is 2. The number of ether oxygens (including phenoxy) is 2. The summed E-state index contributed by atoms with van der Waals surface area (Å²) in [6.45, 7) is 0.601. The van der Waals surface area contributed by atoms with E-state index in [9.17, 15) is 4.79 Å². The van der Waals surface area contributed by atoms with Crippen LogP contribution < -0.4 is 14.8 Å². The number of hydrogen-bond acceptors (Lipinski definition) is 7. The Labute approximate surface area is 172 Å². The van der Waals surface area contributed by atoms with Gasteiger partial charge in [-0.05, 0) is 43.0 Å². The minimum absolute atomic E-state index is 0.264. The number of carbonyl (C=O) groups excluding carboxylic acids is 1. The summed E-state index contributed by atoms with van der Waals surface area (Å²) in [4.78, 5) is 13.6. The third-order valence-corrected chi connectivity index (χ3v) is 5.51. The van der Waals surface area contributed by atoms with Crippen molar-refractivity contribution >= 4 is 34.1 Å². The number of hydrogen-bond donors (Lipinski definition) is 1. The SMILES string of the molecule is COc1cc(SC)ccc1C(=O)Nc1nnc(CCCOc2ccccc2)s1. The number of nitrogens with zero attached hydrogens (tertiary/aromatic N) is 2. The average molecular weight is 416 g/mol. The van der Waals surface area contributed by atoms with E-state index < -0.39 is 0 Å². The van der Waals surface area contributed by atoms with Crippen molar-refractivity contribution in [3.63, 3.8) is 0 Å². The van der Waals surface area contributed by atoms with Gasteiger partial charge in [0.25, 0.3) is 5.91 Å². The number of anilines is 1. The lowest BCUT2D eigenvalue weighted by molar-refractivity contribution is 0.102. The first-order valence-corrected chi connectivity index (χ1v) is 10.8. The summed E-state index contributed by atoms with van der Waals surface area (Å²) in [5.41, 5.74) is 0.466. The van der Waals surface area contributed by atoms with E-state index in [-0.39, 0.29) is 5.91 Å². The fourth-order valence-corrected chi connectivity index (χ4v) is 3.69. The van der Waals surface area contributed by atoms with Crippen LogP contribution in [0.4, 0.5) is 5.13 Å². The van der Waals surface area contributed by atoms with Gasteiger partial charge in [-0.3, -0.25) is 10.1 Å².